The number of nitro groups is 1. The number of ether oxygens (including phenoxy) is 2. The molecule has 2 heterocycles. The summed E-state index contributed by atoms with van der Waals surface area (Å²) in [4.78, 5) is 35.9. The zero-order chi connectivity index (χ0) is 26.0. The molecule has 2 aromatic rings. The van der Waals surface area contributed by atoms with Crippen molar-refractivity contribution in [1.82, 2.24) is 4.90 Å². The minimum atomic E-state index is -1.19. The van der Waals surface area contributed by atoms with Crippen molar-refractivity contribution in [2.45, 2.75) is 31.9 Å². The summed E-state index contributed by atoms with van der Waals surface area (Å²) in [5.41, 5.74) is 1.70. The fraction of sp³-hybridized carbons (Fsp3) is 0.280. The highest BCUT2D eigenvalue weighted by Crippen LogP contribution is 2.50. The molecule has 0 aliphatic carbocycles. The van der Waals surface area contributed by atoms with Crippen LogP contribution in [0, 0.1) is 23.0 Å². The van der Waals surface area contributed by atoms with Gasteiger partial charge in [0.2, 0.25) is 5.91 Å². The van der Waals surface area contributed by atoms with Crippen molar-refractivity contribution in [3.8, 4) is 11.5 Å². The summed E-state index contributed by atoms with van der Waals surface area (Å²) in [5, 5.41) is 29.7. The SMILES string of the molecule is Cc1cc(COc2ccc([N+](=O)[O-])cc2)ccc1OC/C=C/C1=C(C(=O)O)N2C(=O)[C@H]([C@@H](C)O)[C@H]2S1. The molecule has 1 saturated heterocycles. The van der Waals surface area contributed by atoms with Crippen molar-refractivity contribution >= 4 is 29.3 Å². The number of aliphatic carboxylic acids is 1. The van der Waals surface area contributed by atoms with Crippen LogP contribution in [0.4, 0.5) is 5.69 Å². The molecular weight excluding hydrogens is 488 g/mol. The molecule has 4 rings (SSSR count). The van der Waals surface area contributed by atoms with Crippen LogP contribution in [-0.4, -0.2) is 50.0 Å². The van der Waals surface area contributed by atoms with Crippen LogP contribution in [0.5, 0.6) is 11.5 Å². The fourth-order valence-corrected chi connectivity index (χ4v) is 5.55. The maximum atomic E-state index is 12.3. The number of allylic oxidation sites excluding steroid dienone is 1. The highest BCUT2D eigenvalue weighted by atomic mass is 32.2. The van der Waals surface area contributed by atoms with Gasteiger partial charge in [0.15, 0.2) is 0 Å². The summed E-state index contributed by atoms with van der Waals surface area (Å²) in [7, 11) is 0. The topological polar surface area (TPSA) is 139 Å². The average molecular weight is 513 g/mol. The lowest BCUT2D eigenvalue weighted by Crippen LogP contribution is -2.60. The van der Waals surface area contributed by atoms with Gasteiger partial charge in [-0.15, -0.1) is 0 Å². The lowest BCUT2D eigenvalue weighted by molar-refractivity contribution is -0.384. The molecule has 2 aliphatic heterocycles. The molecule has 36 heavy (non-hydrogen) atoms. The number of aryl methyl sites for hydroxylation is 1. The number of thioether (sulfide) groups is 1. The second-order valence-corrected chi connectivity index (χ2v) is 9.51. The van der Waals surface area contributed by atoms with Crippen molar-refractivity contribution in [1.29, 1.82) is 0 Å². The van der Waals surface area contributed by atoms with Crippen molar-refractivity contribution in [2.75, 3.05) is 6.61 Å². The number of carbonyl (C=O) groups is 2. The van der Waals surface area contributed by atoms with Crippen LogP contribution in [0.15, 0.2) is 65.2 Å². The van der Waals surface area contributed by atoms with Crippen molar-refractivity contribution in [2.24, 2.45) is 5.92 Å². The Hall–Kier alpha value is -3.83. The maximum Gasteiger partial charge on any atom is 0.353 e. The van der Waals surface area contributed by atoms with Crippen molar-refractivity contribution in [3.05, 3.63) is 86.5 Å². The Balaban J connectivity index is 1.33. The van der Waals surface area contributed by atoms with E-state index in [0.717, 1.165) is 11.1 Å². The minimum Gasteiger partial charge on any atom is -0.489 e. The van der Waals surface area contributed by atoms with Crippen LogP contribution in [-0.2, 0) is 16.2 Å². The second-order valence-electron chi connectivity index (χ2n) is 8.35. The molecule has 3 atom stereocenters. The molecule has 11 heteroatoms. The van der Waals surface area contributed by atoms with E-state index in [1.165, 1.54) is 35.7 Å². The summed E-state index contributed by atoms with van der Waals surface area (Å²) in [6, 6.07) is 11.4. The zero-order valence-electron chi connectivity index (χ0n) is 19.5. The van der Waals surface area contributed by atoms with Crippen LogP contribution in [0.3, 0.4) is 0 Å². The Labute approximate surface area is 211 Å². The molecule has 1 fully saturated rings. The molecule has 2 N–H and O–H groups in total. The van der Waals surface area contributed by atoms with E-state index in [1.54, 1.807) is 24.3 Å². The summed E-state index contributed by atoms with van der Waals surface area (Å²) < 4.78 is 11.5. The molecule has 188 valence electrons. The number of nitrogens with zero attached hydrogens (tertiary/aromatic N) is 2. The van der Waals surface area contributed by atoms with Crippen molar-refractivity contribution < 1.29 is 34.2 Å². The van der Waals surface area contributed by atoms with E-state index < -0.39 is 28.3 Å². The van der Waals surface area contributed by atoms with Crippen LogP contribution >= 0.6 is 11.8 Å². The summed E-state index contributed by atoms with van der Waals surface area (Å²) >= 11 is 1.25. The van der Waals surface area contributed by atoms with E-state index in [2.05, 4.69) is 0 Å². The number of hydrogen-bond acceptors (Lipinski definition) is 8. The van der Waals surface area contributed by atoms with Gasteiger partial charge in [0.05, 0.1) is 16.9 Å². The quantitative estimate of drug-likeness (QED) is 0.277. The smallest absolute Gasteiger partial charge is 0.353 e. The Morgan fingerprint density at radius 3 is 2.58 bits per heavy atom. The van der Waals surface area contributed by atoms with Gasteiger partial charge in [-0.25, -0.2) is 4.79 Å². The molecule has 1 amide bonds. The first-order chi connectivity index (χ1) is 17.2. The number of benzene rings is 2. The molecule has 2 aliphatic rings. The first kappa shape index (κ1) is 25.3. The Kier molecular flexibility index (Phi) is 7.32. The molecule has 0 spiro atoms. The van der Waals surface area contributed by atoms with Gasteiger partial charge in [0.25, 0.3) is 5.69 Å². The largest absolute Gasteiger partial charge is 0.489 e. The number of aliphatic hydroxyl groups excluding tert-OH is 1. The van der Waals surface area contributed by atoms with E-state index in [9.17, 15) is 29.9 Å². The number of carbonyl (C=O) groups excluding carboxylic acids is 1. The van der Waals surface area contributed by atoms with E-state index in [-0.39, 0.29) is 30.5 Å². The predicted molar refractivity (Wildman–Crippen MR) is 131 cm³/mol. The third-order valence-corrected chi connectivity index (χ3v) is 7.15. The van der Waals surface area contributed by atoms with Crippen LogP contribution in [0.1, 0.15) is 18.1 Å². The highest BCUT2D eigenvalue weighted by molar-refractivity contribution is 8.04. The van der Waals surface area contributed by atoms with Crippen LogP contribution in [0.2, 0.25) is 0 Å². The third kappa shape index (κ3) is 5.07. The second kappa shape index (κ2) is 10.4. The molecule has 0 aromatic heterocycles. The molecule has 10 nitrogen and oxygen atoms in total. The number of non-ortho nitro benzene ring substituents is 1. The van der Waals surface area contributed by atoms with Gasteiger partial charge in [0, 0.05) is 17.0 Å². The number of rotatable bonds is 10. The number of nitro benzene ring substituents is 1. The Morgan fingerprint density at radius 1 is 1.25 bits per heavy atom. The molecule has 0 bridgehead atoms. The number of amides is 1. The van der Waals surface area contributed by atoms with Gasteiger partial charge in [-0.1, -0.05) is 17.8 Å². The molecule has 2 aromatic carbocycles. The van der Waals surface area contributed by atoms with Crippen molar-refractivity contribution in [3.63, 3.8) is 0 Å². The fourth-order valence-electron chi connectivity index (χ4n) is 4.01. The van der Waals surface area contributed by atoms with Crippen LogP contribution in [0.25, 0.3) is 0 Å². The zero-order valence-corrected chi connectivity index (χ0v) is 20.3. The van der Waals surface area contributed by atoms with E-state index >= 15 is 0 Å². The summed E-state index contributed by atoms with van der Waals surface area (Å²) in [6.45, 7) is 3.89. The average Bonchev–Trinajstić information content (AvgIpc) is 3.15. The molecular formula is C25H24N2O8S. The normalized spacial score (nSPS) is 19.8. The molecule has 0 unspecified atom stereocenters. The lowest BCUT2D eigenvalue weighted by Gasteiger charge is -2.43. The highest BCUT2D eigenvalue weighted by Gasteiger charge is 2.57. The number of carboxylic acid groups (broad SMARTS) is 1. The first-order valence-electron chi connectivity index (χ1n) is 11.1. The van der Waals surface area contributed by atoms with Gasteiger partial charge < -0.3 is 19.7 Å². The number of aliphatic hydroxyl groups is 1. The van der Waals surface area contributed by atoms with E-state index in [4.69, 9.17) is 9.47 Å². The van der Waals surface area contributed by atoms with Crippen LogP contribution < -0.4 is 9.47 Å². The van der Waals surface area contributed by atoms with Gasteiger partial charge in [-0.05, 0) is 61.4 Å². The Morgan fingerprint density at radius 2 is 1.97 bits per heavy atom. The summed E-state index contributed by atoms with van der Waals surface area (Å²) in [5.74, 6) is -1.01. The Bertz CT molecular complexity index is 1260. The summed E-state index contributed by atoms with van der Waals surface area (Å²) in [6.07, 6.45) is 2.46. The van der Waals surface area contributed by atoms with Gasteiger partial charge in [0.1, 0.15) is 35.8 Å². The maximum absolute atomic E-state index is 12.3. The first-order valence-corrected chi connectivity index (χ1v) is 12.0. The van der Waals surface area contributed by atoms with Gasteiger partial charge >= 0.3 is 5.97 Å². The number of carboxylic acids is 1. The standard InChI is InChI=1S/C25H24N2O8S/c1-14-12-16(13-35-18-8-6-17(7-9-18)27(32)33)5-10-19(14)34-11-3-4-20-22(25(30)31)26-23(29)21(15(2)28)24(26)36-20/h3-10,12,15,21,24,28H,11,13H2,1-2H3,(H,30,31)/b4-3+/t15-,21+,24-/m1/s1. The molecule has 0 saturated carbocycles. The van der Waals surface area contributed by atoms with E-state index in [1.807, 2.05) is 25.1 Å². The van der Waals surface area contributed by atoms with Gasteiger partial charge in [-0.3, -0.25) is 19.8 Å². The monoisotopic (exact) mass is 512 g/mol. The predicted octanol–water partition coefficient (Wildman–Crippen LogP) is 3.63. The number of fused-ring (bicyclic) bond motifs is 1. The number of hydrogen-bond donors (Lipinski definition) is 2. The minimum absolute atomic E-state index is 0.00180. The lowest BCUT2D eigenvalue weighted by atomic mass is 9.92. The number of β-lactam (4-membered cyclic amide) rings is 1. The third-order valence-electron chi connectivity index (χ3n) is 5.83. The van der Waals surface area contributed by atoms with Gasteiger partial charge in [-0.2, -0.15) is 0 Å². The van der Waals surface area contributed by atoms with E-state index in [0.29, 0.717) is 16.4 Å². The molecule has 0 radical (unpaired) electrons.